The van der Waals surface area contributed by atoms with E-state index in [0.29, 0.717) is 13.0 Å². The van der Waals surface area contributed by atoms with Gasteiger partial charge in [0.2, 0.25) is 5.91 Å². The molecular formula is C17H15FN2O3. The van der Waals surface area contributed by atoms with Crippen LogP contribution in [0.5, 0.6) is 5.75 Å². The largest absolute Gasteiger partial charge is 0.481 e. The molecule has 23 heavy (non-hydrogen) atoms. The Morgan fingerprint density at radius 1 is 1.26 bits per heavy atom. The molecule has 0 aliphatic carbocycles. The van der Waals surface area contributed by atoms with Gasteiger partial charge < -0.3 is 15.4 Å². The van der Waals surface area contributed by atoms with Crippen LogP contribution in [0.15, 0.2) is 42.5 Å². The highest BCUT2D eigenvalue weighted by Crippen LogP contribution is 2.23. The van der Waals surface area contributed by atoms with Crippen LogP contribution in [-0.4, -0.2) is 18.4 Å². The van der Waals surface area contributed by atoms with E-state index in [1.807, 2.05) is 18.2 Å². The monoisotopic (exact) mass is 314 g/mol. The maximum atomic E-state index is 13.4. The molecule has 2 amide bonds. The molecule has 0 saturated carbocycles. The summed E-state index contributed by atoms with van der Waals surface area (Å²) >= 11 is 0. The molecule has 2 aromatic rings. The van der Waals surface area contributed by atoms with Crippen molar-refractivity contribution in [1.82, 2.24) is 5.32 Å². The molecule has 0 atom stereocenters. The molecule has 1 heterocycles. The lowest BCUT2D eigenvalue weighted by Crippen LogP contribution is -2.28. The molecular weight excluding hydrogens is 299 g/mol. The van der Waals surface area contributed by atoms with Gasteiger partial charge >= 0.3 is 0 Å². The summed E-state index contributed by atoms with van der Waals surface area (Å²) in [6, 6.07) is 11.5. The van der Waals surface area contributed by atoms with Crippen LogP contribution in [0.4, 0.5) is 10.1 Å². The summed E-state index contributed by atoms with van der Waals surface area (Å²) in [7, 11) is 0. The first kappa shape index (κ1) is 15.0. The second-order valence-corrected chi connectivity index (χ2v) is 5.21. The van der Waals surface area contributed by atoms with Crippen molar-refractivity contribution in [2.45, 2.75) is 13.0 Å². The van der Waals surface area contributed by atoms with Gasteiger partial charge in [-0.3, -0.25) is 9.59 Å². The van der Waals surface area contributed by atoms with Crippen LogP contribution >= 0.6 is 0 Å². The van der Waals surface area contributed by atoms with Gasteiger partial charge in [0.05, 0.1) is 6.42 Å². The molecule has 0 spiro atoms. The van der Waals surface area contributed by atoms with Gasteiger partial charge in [-0.25, -0.2) is 4.39 Å². The Labute approximate surface area is 132 Å². The normalized spacial score (nSPS) is 12.5. The molecule has 0 unspecified atom stereocenters. The van der Waals surface area contributed by atoms with E-state index in [1.165, 1.54) is 12.1 Å². The summed E-state index contributed by atoms with van der Waals surface area (Å²) in [4.78, 5) is 23.1. The Morgan fingerprint density at radius 2 is 2.09 bits per heavy atom. The average Bonchev–Trinajstić information content (AvgIpc) is 2.91. The molecule has 6 heteroatoms. The third kappa shape index (κ3) is 3.66. The number of hydrogen-bond acceptors (Lipinski definition) is 3. The van der Waals surface area contributed by atoms with Crippen molar-refractivity contribution in [2.24, 2.45) is 0 Å². The third-order valence-corrected chi connectivity index (χ3v) is 3.48. The number of nitrogens with one attached hydrogen (secondary N) is 2. The first-order chi connectivity index (χ1) is 11.1. The zero-order valence-electron chi connectivity index (χ0n) is 12.3. The van der Waals surface area contributed by atoms with Gasteiger partial charge in [0.1, 0.15) is 0 Å². The maximum absolute atomic E-state index is 13.4. The standard InChI is InChI=1S/C17H15FN2O3/c18-13-3-1-2-4-15(13)23-10-17(22)19-9-11-5-6-14-12(7-11)8-16(21)20-14/h1-7H,8-10H2,(H,19,22)(H,20,21). The maximum Gasteiger partial charge on any atom is 0.258 e. The Morgan fingerprint density at radius 3 is 2.91 bits per heavy atom. The molecule has 3 rings (SSSR count). The van der Waals surface area contributed by atoms with Crippen LogP contribution in [0.2, 0.25) is 0 Å². The fourth-order valence-corrected chi connectivity index (χ4v) is 2.35. The number of benzene rings is 2. The minimum atomic E-state index is -0.504. The predicted molar refractivity (Wildman–Crippen MR) is 82.5 cm³/mol. The third-order valence-electron chi connectivity index (χ3n) is 3.48. The second kappa shape index (κ2) is 6.48. The first-order valence-corrected chi connectivity index (χ1v) is 7.17. The summed E-state index contributed by atoms with van der Waals surface area (Å²) in [5, 5.41) is 5.45. The lowest BCUT2D eigenvalue weighted by molar-refractivity contribution is -0.123. The van der Waals surface area contributed by atoms with E-state index in [1.54, 1.807) is 12.1 Å². The number of fused-ring (bicyclic) bond motifs is 1. The highest BCUT2D eigenvalue weighted by atomic mass is 19.1. The molecule has 1 aliphatic heterocycles. The van der Waals surface area contributed by atoms with Crippen LogP contribution < -0.4 is 15.4 Å². The van der Waals surface area contributed by atoms with Crippen molar-refractivity contribution in [1.29, 1.82) is 0 Å². The van der Waals surface area contributed by atoms with E-state index in [9.17, 15) is 14.0 Å². The topological polar surface area (TPSA) is 67.4 Å². The van der Waals surface area contributed by atoms with Crippen molar-refractivity contribution < 1.29 is 18.7 Å². The number of anilines is 1. The minimum absolute atomic E-state index is 0.0283. The van der Waals surface area contributed by atoms with E-state index in [4.69, 9.17) is 4.74 Å². The number of para-hydroxylation sites is 1. The Hall–Kier alpha value is -2.89. The Balaban J connectivity index is 1.51. The number of carbonyl (C=O) groups is 2. The SMILES string of the molecule is O=C(COc1ccccc1F)NCc1ccc2c(c1)CC(=O)N2. The van der Waals surface area contributed by atoms with Gasteiger partial charge in [0.15, 0.2) is 18.2 Å². The summed E-state index contributed by atoms with van der Waals surface area (Å²) in [6.07, 6.45) is 0.355. The Bertz CT molecular complexity index is 761. The molecule has 2 aromatic carbocycles. The van der Waals surface area contributed by atoms with Crippen LogP contribution in [-0.2, 0) is 22.6 Å². The fourth-order valence-electron chi connectivity index (χ4n) is 2.35. The number of hydrogen-bond donors (Lipinski definition) is 2. The molecule has 1 aliphatic rings. The number of amides is 2. The fraction of sp³-hybridized carbons (Fsp3) is 0.176. The number of ether oxygens (including phenoxy) is 1. The van der Waals surface area contributed by atoms with Gasteiger partial charge in [-0.2, -0.15) is 0 Å². The smallest absolute Gasteiger partial charge is 0.258 e. The summed E-state index contributed by atoms with van der Waals surface area (Å²) in [5.41, 5.74) is 2.62. The average molecular weight is 314 g/mol. The molecule has 5 nitrogen and oxygen atoms in total. The molecule has 2 N–H and O–H groups in total. The van der Waals surface area contributed by atoms with Crippen LogP contribution in [0.25, 0.3) is 0 Å². The van der Waals surface area contributed by atoms with Crippen molar-refractivity contribution in [3.05, 3.63) is 59.4 Å². The van der Waals surface area contributed by atoms with Gasteiger partial charge in [0.25, 0.3) is 5.91 Å². The van der Waals surface area contributed by atoms with Gasteiger partial charge in [-0.15, -0.1) is 0 Å². The first-order valence-electron chi connectivity index (χ1n) is 7.17. The van der Waals surface area contributed by atoms with E-state index in [-0.39, 0.29) is 24.2 Å². The van der Waals surface area contributed by atoms with Crippen LogP contribution in [0.3, 0.4) is 0 Å². The highest BCUT2D eigenvalue weighted by molar-refractivity contribution is 5.99. The lowest BCUT2D eigenvalue weighted by atomic mass is 10.1. The van der Waals surface area contributed by atoms with Crippen LogP contribution in [0.1, 0.15) is 11.1 Å². The molecule has 118 valence electrons. The van der Waals surface area contributed by atoms with Gasteiger partial charge in [-0.05, 0) is 29.3 Å². The predicted octanol–water partition coefficient (Wildman–Crippen LogP) is 2.02. The van der Waals surface area contributed by atoms with E-state index < -0.39 is 5.82 Å². The van der Waals surface area contributed by atoms with Crippen LogP contribution in [0, 0.1) is 5.82 Å². The molecule has 0 bridgehead atoms. The summed E-state index contributed by atoms with van der Waals surface area (Å²) in [6.45, 7) is 0.0624. The number of halogens is 1. The lowest BCUT2D eigenvalue weighted by Gasteiger charge is -2.09. The van der Waals surface area contributed by atoms with Crippen molar-refractivity contribution in [2.75, 3.05) is 11.9 Å². The quantitative estimate of drug-likeness (QED) is 0.887. The molecule has 0 radical (unpaired) electrons. The van der Waals surface area contributed by atoms with Gasteiger partial charge in [-0.1, -0.05) is 24.3 Å². The van der Waals surface area contributed by atoms with Gasteiger partial charge in [0, 0.05) is 12.2 Å². The molecule has 0 saturated heterocycles. The van der Waals surface area contributed by atoms with Crippen molar-refractivity contribution in [3.8, 4) is 5.75 Å². The minimum Gasteiger partial charge on any atom is -0.481 e. The Kier molecular flexibility index (Phi) is 4.23. The van der Waals surface area contributed by atoms with Crippen molar-refractivity contribution in [3.63, 3.8) is 0 Å². The number of rotatable bonds is 5. The summed E-state index contributed by atoms with van der Waals surface area (Å²) < 4.78 is 18.5. The zero-order chi connectivity index (χ0) is 16.2. The van der Waals surface area contributed by atoms with E-state index >= 15 is 0 Å². The van der Waals surface area contributed by atoms with E-state index in [2.05, 4.69) is 10.6 Å². The number of carbonyl (C=O) groups excluding carboxylic acids is 2. The molecule has 0 aromatic heterocycles. The summed E-state index contributed by atoms with van der Waals surface area (Å²) in [5.74, 6) is -0.830. The van der Waals surface area contributed by atoms with Crippen molar-refractivity contribution >= 4 is 17.5 Å². The van der Waals surface area contributed by atoms with E-state index in [0.717, 1.165) is 16.8 Å². The zero-order valence-corrected chi connectivity index (χ0v) is 12.3. The highest BCUT2D eigenvalue weighted by Gasteiger charge is 2.17. The second-order valence-electron chi connectivity index (χ2n) is 5.21. The molecule has 0 fully saturated rings.